The van der Waals surface area contributed by atoms with Crippen LogP contribution in [-0.2, 0) is 23.1 Å². The van der Waals surface area contributed by atoms with E-state index in [4.69, 9.17) is 0 Å². The molecule has 32 heavy (non-hydrogen) atoms. The Balaban J connectivity index is 1.78. The molecule has 1 aliphatic rings. The van der Waals surface area contributed by atoms with E-state index in [-0.39, 0.29) is 28.3 Å². The fourth-order valence-corrected chi connectivity index (χ4v) is 5.32. The van der Waals surface area contributed by atoms with Gasteiger partial charge in [-0.05, 0) is 53.1 Å². The zero-order valence-corrected chi connectivity index (χ0v) is 19.1. The van der Waals surface area contributed by atoms with E-state index in [9.17, 15) is 21.6 Å². The maximum atomic E-state index is 13.6. The minimum atomic E-state index is -3.33. The third-order valence-corrected chi connectivity index (χ3v) is 7.49. The number of rotatable bonds is 7. The van der Waals surface area contributed by atoms with Gasteiger partial charge in [-0.1, -0.05) is 39.0 Å². The fraction of sp³-hybridized carbons (Fsp3) is 0.417. The van der Waals surface area contributed by atoms with Crippen molar-refractivity contribution in [2.24, 2.45) is 5.41 Å². The van der Waals surface area contributed by atoms with Crippen LogP contribution in [0.3, 0.4) is 0 Å². The molecule has 0 radical (unpaired) electrons. The summed E-state index contributed by atoms with van der Waals surface area (Å²) in [5, 5.41) is 0.556. The topological polar surface area (TPSA) is 51.1 Å². The van der Waals surface area contributed by atoms with Crippen LogP contribution < -0.4 is 4.72 Å². The molecule has 0 aliphatic heterocycles. The van der Waals surface area contributed by atoms with Crippen molar-refractivity contribution in [2.45, 2.75) is 58.4 Å². The summed E-state index contributed by atoms with van der Waals surface area (Å²) in [7, 11) is -3.33. The number of nitrogens with zero attached hydrogens (tertiary/aromatic N) is 1. The Hall–Kier alpha value is -2.32. The van der Waals surface area contributed by atoms with Crippen molar-refractivity contribution < 1.29 is 21.6 Å². The van der Waals surface area contributed by atoms with Crippen LogP contribution in [0.5, 0.6) is 0 Å². The predicted octanol–water partition coefficient (Wildman–Crippen LogP) is 6.01. The Morgan fingerprint density at radius 3 is 2.47 bits per heavy atom. The maximum absolute atomic E-state index is 13.6. The molecule has 0 bridgehead atoms. The molecular formula is C24H27F3N2O2S. The van der Waals surface area contributed by atoms with E-state index < -0.39 is 22.3 Å². The van der Waals surface area contributed by atoms with Crippen LogP contribution >= 0.6 is 0 Å². The van der Waals surface area contributed by atoms with E-state index in [2.05, 4.69) is 25.5 Å². The van der Waals surface area contributed by atoms with Crippen molar-refractivity contribution in [1.82, 2.24) is 9.29 Å². The van der Waals surface area contributed by atoms with E-state index in [1.54, 1.807) is 6.07 Å². The normalized spacial score (nSPS) is 15.1. The van der Waals surface area contributed by atoms with Gasteiger partial charge < -0.3 is 4.57 Å². The number of halogens is 3. The first-order chi connectivity index (χ1) is 14.9. The second-order valence-corrected chi connectivity index (χ2v) is 11.7. The van der Waals surface area contributed by atoms with Gasteiger partial charge in [-0.3, -0.25) is 0 Å². The number of aromatic nitrogens is 1. The summed E-state index contributed by atoms with van der Waals surface area (Å²) in [5.74, 6) is -0.702. The lowest BCUT2D eigenvalue weighted by molar-refractivity contribution is 0.151. The van der Waals surface area contributed by atoms with E-state index in [1.807, 2.05) is 22.9 Å². The SMILES string of the molecule is CC(C)(C)Cn1cc(CNS(=O)(=O)C2CC2)c2ccc(-c3ccc(F)cc3C(F)F)cc21. The number of hydrogen-bond acceptors (Lipinski definition) is 2. The standard InChI is InChI=1S/C24H27F3N2O2S/c1-24(2,3)14-29-13-16(12-28-32(30,31)18-6-7-18)20-8-4-15(10-22(20)29)19-9-5-17(25)11-21(19)23(26)27/h4-5,8-11,13,18,23,28H,6-7,12,14H2,1-3H3. The van der Waals surface area contributed by atoms with E-state index in [0.717, 1.165) is 22.5 Å². The quantitative estimate of drug-likeness (QED) is 0.465. The van der Waals surface area contributed by atoms with E-state index >= 15 is 0 Å². The molecule has 0 amide bonds. The van der Waals surface area contributed by atoms with Crippen LogP contribution in [0, 0.1) is 11.2 Å². The van der Waals surface area contributed by atoms with Crippen molar-refractivity contribution in [1.29, 1.82) is 0 Å². The third kappa shape index (κ3) is 4.86. The molecule has 0 unspecified atom stereocenters. The largest absolute Gasteiger partial charge is 0.347 e. The van der Waals surface area contributed by atoms with Crippen LogP contribution in [0.15, 0.2) is 42.6 Å². The molecule has 1 N–H and O–H groups in total. The van der Waals surface area contributed by atoms with Crippen molar-refractivity contribution in [2.75, 3.05) is 0 Å². The van der Waals surface area contributed by atoms with Crippen LogP contribution in [0.1, 0.15) is 51.2 Å². The summed E-state index contributed by atoms with van der Waals surface area (Å²) >= 11 is 0. The van der Waals surface area contributed by atoms with Gasteiger partial charge in [0.2, 0.25) is 10.0 Å². The lowest BCUT2D eigenvalue weighted by atomic mass is 9.96. The number of nitrogens with one attached hydrogen (secondary N) is 1. The second kappa shape index (κ2) is 8.23. The first kappa shape index (κ1) is 22.9. The van der Waals surface area contributed by atoms with Crippen LogP contribution in [0.4, 0.5) is 13.2 Å². The number of hydrogen-bond donors (Lipinski definition) is 1. The van der Waals surface area contributed by atoms with Crippen molar-refractivity contribution >= 4 is 20.9 Å². The highest BCUT2D eigenvalue weighted by atomic mass is 32.2. The van der Waals surface area contributed by atoms with Crippen molar-refractivity contribution in [3.8, 4) is 11.1 Å². The monoisotopic (exact) mass is 464 g/mol. The van der Waals surface area contributed by atoms with Crippen LogP contribution in [-0.4, -0.2) is 18.2 Å². The molecule has 1 aliphatic carbocycles. The van der Waals surface area contributed by atoms with Gasteiger partial charge >= 0.3 is 0 Å². The van der Waals surface area contributed by atoms with Gasteiger partial charge in [0, 0.05) is 35.8 Å². The minimum Gasteiger partial charge on any atom is -0.347 e. The highest BCUT2D eigenvalue weighted by molar-refractivity contribution is 7.90. The van der Waals surface area contributed by atoms with Gasteiger partial charge in [-0.2, -0.15) is 0 Å². The van der Waals surface area contributed by atoms with Crippen LogP contribution in [0.25, 0.3) is 22.0 Å². The molecule has 0 atom stereocenters. The first-order valence-corrected chi connectivity index (χ1v) is 12.2. The smallest absolute Gasteiger partial charge is 0.264 e. The lowest BCUT2D eigenvalue weighted by Crippen LogP contribution is -2.26. The molecule has 1 heterocycles. The molecule has 4 nitrogen and oxygen atoms in total. The number of alkyl halides is 2. The zero-order valence-electron chi connectivity index (χ0n) is 18.3. The van der Waals surface area contributed by atoms with E-state index in [0.29, 0.717) is 24.9 Å². The molecule has 8 heteroatoms. The highest BCUT2D eigenvalue weighted by Crippen LogP contribution is 2.35. The summed E-state index contributed by atoms with van der Waals surface area (Å²) in [5.41, 5.74) is 2.08. The molecule has 3 aromatic rings. The minimum absolute atomic E-state index is 0.0588. The second-order valence-electron chi connectivity index (χ2n) is 9.67. The lowest BCUT2D eigenvalue weighted by Gasteiger charge is -2.20. The summed E-state index contributed by atoms with van der Waals surface area (Å²) in [6, 6.07) is 8.79. The fourth-order valence-electron chi connectivity index (χ4n) is 3.97. The average Bonchev–Trinajstić information content (AvgIpc) is 3.51. The summed E-state index contributed by atoms with van der Waals surface area (Å²) in [6.45, 7) is 7.10. The van der Waals surface area contributed by atoms with Gasteiger partial charge in [0.05, 0.1) is 5.25 Å². The van der Waals surface area contributed by atoms with Gasteiger partial charge in [-0.25, -0.2) is 26.3 Å². The number of benzene rings is 2. The summed E-state index contributed by atoms with van der Waals surface area (Å²) in [6.07, 6.45) is 0.502. The first-order valence-electron chi connectivity index (χ1n) is 10.6. The Bertz CT molecular complexity index is 1260. The van der Waals surface area contributed by atoms with Crippen LogP contribution in [0.2, 0.25) is 0 Å². The summed E-state index contributed by atoms with van der Waals surface area (Å²) < 4.78 is 70.0. The van der Waals surface area contributed by atoms with E-state index in [1.165, 1.54) is 12.1 Å². The Kier molecular flexibility index (Phi) is 5.88. The van der Waals surface area contributed by atoms with Crippen molar-refractivity contribution in [3.05, 3.63) is 59.5 Å². The molecule has 1 aromatic heterocycles. The van der Waals surface area contributed by atoms with Gasteiger partial charge in [0.15, 0.2) is 0 Å². The molecule has 172 valence electrons. The average molecular weight is 465 g/mol. The Labute approximate surface area is 186 Å². The molecule has 1 fully saturated rings. The third-order valence-electron chi connectivity index (χ3n) is 5.60. The number of fused-ring (bicyclic) bond motifs is 1. The number of sulfonamides is 1. The van der Waals surface area contributed by atoms with Crippen molar-refractivity contribution in [3.63, 3.8) is 0 Å². The zero-order chi connectivity index (χ0) is 23.3. The Morgan fingerprint density at radius 1 is 1.12 bits per heavy atom. The summed E-state index contributed by atoms with van der Waals surface area (Å²) in [4.78, 5) is 0. The van der Waals surface area contributed by atoms with Gasteiger partial charge in [0.25, 0.3) is 6.43 Å². The molecular weight excluding hydrogens is 437 g/mol. The molecule has 4 rings (SSSR count). The maximum Gasteiger partial charge on any atom is 0.264 e. The Morgan fingerprint density at radius 2 is 1.84 bits per heavy atom. The molecule has 2 aromatic carbocycles. The highest BCUT2D eigenvalue weighted by Gasteiger charge is 2.35. The molecule has 0 spiro atoms. The molecule has 0 saturated heterocycles. The molecule has 1 saturated carbocycles. The predicted molar refractivity (Wildman–Crippen MR) is 121 cm³/mol. The van der Waals surface area contributed by atoms with Gasteiger partial charge in [-0.15, -0.1) is 0 Å². The van der Waals surface area contributed by atoms with Gasteiger partial charge in [0.1, 0.15) is 5.82 Å².